The van der Waals surface area contributed by atoms with Crippen LogP contribution in [-0.4, -0.2) is 24.4 Å². The molecule has 30 heavy (non-hydrogen) atoms. The van der Waals surface area contributed by atoms with E-state index in [1.165, 1.54) is 11.6 Å². The molecule has 3 aromatic rings. The number of hydrazone groups is 1. The number of hydrogen-bond donors (Lipinski definition) is 1. The zero-order valence-electron chi connectivity index (χ0n) is 17.3. The van der Waals surface area contributed by atoms with Crippen LogP contribution in [0.4, 0.5) is 5.95 Å². The Morgan fingerprint density at radius 1 is 1.17 bits per heavy atom. The van der Waals surface area contributed by atoms with Gasteiger partial charge in [0.05, 0.1) is 5.71 Å². The smallest absolute Gasteiger partial charge is 0.299 e. The van der Waals surface area contributed by atoms with E-state index in [0.717, 1.165) is 10.1 Å². The first kappa shape index (κ1) is 21.3. The first-order chi connectivity index (χ1) is 14.3. The van der Waals surface area contributed by atoms with Crippen molar-refractivity contribution in [3.63, 3.8) is 0 Å². The zero-order valence-corrected chi connectivity index (χ0v) is 18.0. The number of fused-ring (bicyclic) bond motifs is 1. The lowest BCUT2D eigenvalue weighted by Gasteiger charge is -2.07. The first-order valence-corrected chi connectivity index (χ1v) is 9.69. The number of nitrogens with one attached hydrogen (secondary N) is 1. The van der Waals surface area contributed by atoms with Gasteiger partial charge in [-0.15, -0.1) is 0 Å². The highest BCUT2D eigenvalue weighted by molar-refractivity contribution is 6.29. The summed E-state index contributed by atoms with van der Waals surface area (Å²) in [7, 11) is 3.01. The van der Waals surface area contributed by atoms with Crippen LogP contribution in [0.5, 0.6) is 0 Å². The van der Waals surface area contributed by atoms with Crippen LogP contribution in [-0.2, 0) is 20.6 Å². The van der Waals surface area contributed by atoms with E-state index in [0.29, 0.717) is 28.8 Å². The zero-order chi connectivity index (χ0) is 21.8. The number of hydrogen-bond acceptors (Lipinski definition) is 5. The van der Waals surface area contributed by atoms with Gasteiger partial charge in [0.15, 0.2) is 11.2 Å². The number of halogens is 1. The van der Waals surface area contributed by atoms with Crippen LogP contribution in [0.3, 0.4) is 0 Å². The maximum atomic E-state index is 12.7. The van der Waals surface area contributed by atoms with E-state index in [-0.39, 0.29) is 5.65 Å². The number of aryl methyl sites for hydroxylation is 1. The molecule has 156 valence electrons. The average Bonchev–Trinajstić information content (AvgIpc) is 3.11. The Hall–Kier alpha value is -3.39. The topological polar surface area (TPSA) is 86.2 Å². The van der Waals surface area contributed by atoms with Gasteiger partial charge in [-0.2, -0.15) is 10.1 Å². The van der Waals surface area contributed by atoms with Crippen LogP contribution in [0.1, 0.15) is 19.4 Å². The Kier molecular flexibility index (Phi) is 6.37. The van der Waals surface area contributed by atoms with E-state index < -0.39 is 11.2 Å². The van der Waals surface area contributed by atoms with Gasteiger partial charge in [-0.3, -0.25) is 18.5 Å². The molecule has 0 aliphatic carbocycles. The average molecular weight is 427 g/mol. The number of allylic oxidation sites excluding steroid dienone is 3. The fraction of sp³-hybridized carbons (Fsp3) is 0.238. The number of benzene rings is 1. The van der Waals surface area contributed by atoms with Crippen molar-refractivity contribution in [2.24, 2.45) is 19.2 Å². The predicted molar refractivity (Wildman–Crippen MR) is 122 cm³/mol. The monoisotopic (exact) mass is 426 g/mol. The van der Waals surface area contributed by atoms with Crippen molar-refractivity contribution < 1.29 is 0 Å². The predicted octanol–water partition coefficient (Wildman–Crippen LogP) is 3.08. The van der Waals surface area contributed by atoms with Crippen LogP contribution < -0.4 is 16.7 Å². The quantitative estimate of drug-likeness (QED) is 0.484. The minimum absolute atomic E-state index is 0.277. The largest absolute Gasteiger partial charge is 0.332 e. The van der Waals surface area contributed by atoms with Gasteiger partial charge >= 0.3 is 5.69 Å². The van der Waals surface area contributed by atoms with E-state index in [4.69, 9.17) is 11.6 Å². The lowest BCUT2D eigenvalue weighted by Crippen LogP contribution is -2.37. The molecule has 3 rings (SSSR count). The molecule has 9 heteroatoms. The summed E-state index contributed by atoms with van der Waals surface area (Å²) >= 11 is 5.98. The van der Waals surface area contributed by atoms with Crippen molar-refractivity contribution in [1.82, 2.24) is 18.7 Å². The molecule has 2 aromatic heterocycles. The van der Waals surface area contributed by atoms with E-state index in [9.17, 15) is 9.59 Å². The van der Waals surface area contributed by atoms with Crippen LogP contribution in [0, 0.1) is 0 Å². The molecule has 0 unspecified atom stereocenters. The van der Waals surface area contributed by atoms with Crippen molar-refractivity contribution in [2.45, 2.75) is 20.4 Å². The number of aromatic nitrogens is 4. The molecule has 1 N–H and O–H groups in total. The van der Waals surface area contributed by atoms with E-state index in [2.05, 4.69) is 15.5 Å². The number of imidazole rings is 1. The van der Waals surface area contributed by atoms with Gasteiger partial charge < -0.3 is 0 Å². The SMILES string of the molecule is CC(/C=C/c1ccccc1)=N/Nc1nc2c(c(=O)n(C)c(=O)n2C)n1C/C=C(\C)Cl. The fourth-order valence-corrected chi connectivity index (χ4v) is 2.95. The lowest BCUT2D eigenvalue weighted by atomic mass is 10.2. The fourth-order valence-electron chi connectivity index (χ4n) is 2.88. The molecule has 0 amide bonds. The molecular formula is C21H23ClN6O2. The maximum Gasteiger partial charge on any atom is 0.332 e. The third-order valence-electron chi connectivity index (χ3n) is 4.55. The highest BCUT2D eigenvalue weighted by Crippen LogP contribution is 2.16. The minimum Gasteiger partial charge on any atom is -0.299 e. The minimum atomic E-state index is -0.446. The van der Waals surface area contributed by atoms with Gasteiger partial charge in [0.1, 0.15) is 0 Å². The summed E-state index contributed by atoms with van der Waals surface area (Å²) in [6.07, 6.45) is 5.57. The van der Waals surface area contributed by atoms with Gasteiger partial charge in [0.25, 0.3) is 5.56 Å². The molecule has 0 aliphatic rings. The van der Waals surface area contributed by atoms with Gasteiger partial charge in [0, 0.05) is 25.7 Å². The maximum absolute atomic E-state index is 12.7. The van der Waals surface area contributed by atoms with E-state index >= 15 is 0 Å². The first-order valence-electron chi connectivity index (χ1n) is 9.31. The molecule has 0 atom stereocenters. The number of rotatable bonds is 6. The molecule has 0 saturated heterocycles. The Morgan fingerprint density at radius 2 is 1.87 bits per heavy atom. The second-order valence-electron chi connectivity index (χ2n) is 6.82. The number of anilines is 1. The van der Waals surface area contributed by atoms with Gasteiger partial charge in [-0.25, -0.2) is 10.2 Å². The summed E-state index contributed by atoms with van der Waals surface area (Å²) in [6, 6.07) is 9.87. The molecule has 8 nitrogen and oxygen atoms in total. The number of nitrogens with zero attached hydrogens (tertiary/aromatic N) is 5. The van der Waals surface area contributed by atoms with Crippen molar-refractivity contribution >= 4 is 40.5 Å². The molecule has 0 radical (unpaired) electrons. The Labute approximate surface area is 178 Å². The molecule has 2 heterocycles. The standard InChI is InChI=1S/C21H23ClN6O2/c1-14(22)12-13-28-17-18(26(3)21(30)27(4)19(17)29)23-20(28)25-24-15(2)10-11-16-8-6-5-7-9-16/h5-12H,13H2,1-4H3,(H,23,25)/b11-10+,14-12+,24-15-. The summed E-state index contributed by atoms with van der Waals surface area (Å²) in [6.45, 7) is 3.89. The van der Waals surface area contributed by atoms with Crippen LogP contribution in [0.2, 0.25) is 0 Å². The Morgan fingerprint density at radius 3 is 2.53 bits per heavy atom. The summed E-state index contributed by atoms with van der Waals surface area (Å²) in [5, 5.41) is 4.92. The third kappa shape index (κ3) is 4.44. The van der Waals surface area contributed by atoms with Crippen molar-refractivity contribution in [3.05, 3.63) is 73.9 Å². The van der Waals surface area contributed by atoms with Crippen LogP contribution >= 0.6 is 11.6 Å². The normalized spacial score (nSPS) is 12.8. The summed E-state index contributed by atoms with van der Waals surface area (Å²) in [5.74, 6) is 0.338. The molecule has 0 aliphatic heterocycles. The molecule has 0 spiro atoms. The second-order valence-corrected chi connectivity index (χ2v) is 7.42. The second kappa shape index (κ2) is 8.96. The molecule has 0 fully saturated rings. The van der Waals surface area contributed by atoms with Gasteiger partial charge in [-0.05, 0) is 25.5 Å². The molecule has 1 aromatic carbocycles. The van der Waals surface area contributed by atoms with Gasteiger partial charge in [0.2, 0.25) is 5.95 Å². The van der Waals surface area contributed by atoms with Crippen molar-refractivity contribution in [3.8, 4) is 0 Å². The molecular weight excluding hydrogens is 404 g/mol. The van der Waals surface area contributed by atoms with Crippen LogP contribution in [0.25, 0.3) is 17.2 Å². The Bertz CT molecular complexity index is 1270. The lowest BCUT2D eigenvalue weighted by molar-refractivity contribution is 0.703. The highest BCUT2D eigenvalue weighted by atomic mass is 35.5. The van der Waals surface area contributed by atoms with E-state index in [1.807, 2.05) is 49.4 Å². The third-order valence-corrected chi connectivity index (χ3v) is 4.71. The summed E-state index contributed by atoms with van der Waals surface area (Å²) in [5.41, 5.74) is 4.37. The molecule has 0 saturated carbocycles. The highest BCUT2D eigenvalue weighted by Gasteiger charge is 2.18. The van der Waals surface area contributed by atoms with Gasteiger partial charge in [-0.1, -0.05) is 54.1 Å². The Balaban J connectivity index is 2.03. The summed E-state index contributed by atoms with van der Waals surface area (Å²) < 4.78 is 4.04. The van der Waals surface area contributed by atoms with Crippen LogP contribution in [0.15, 0.2) is 62.2 Å². The van der Waals surface area contributed by atoms with Crippen molar-refractivity contribution in [2.75, 3.05) is 5.43 Å². The van der Waals surface area contributed by atoms with E-state index in [1.54, 1.807) is 24.6 Å². The van der Waals surface area contributed by atoms with Crippen molar-refractivity contribution in [1.29, 1.82) is 0 Å². The summed E-state index contributed by atoms with van der Waals surface area (Å²) in [4.78, 5) is 29.4. The molecule has 0 bridgehead atoms.